The van der Waals surface area contributed by atoms with Crippen LogP contribution in [-0.4, -0.2) is 37.7 Å². The summed E-state index contributed by atoms with van der Waals surface area (Å²) in [7, 11) is 1.93. The highest BCUT2D eigenvalue weighted by Gasteiger charge is 2.29. The summed E-state index contributed by atoms with van der Waals surface area (Å²) in [6.07, 6.45) is 4.90. The summed E-state index contributed by atoms with van der Waals surface area (Å²) in [4.78, 5) is 16.4. The van der Waals surface area contributed by atoms with Gasteiger partial charge in [0.15, 0.2) is 5.82 Å². The highest BCUT2D eigenvalue weighted by Crippen LogP contribution is 2.34. The zero-order chi connectivity index (χ0) is 19.8. The zero-order valence-electron chi connectivity index (χ0n) is 16.3. The van der Waals surface area contributed by atoms with Crippen molar-refractivity contribution in [1.82, 2.24) is 19.5 Å². The molecule has 148 valence electrons. The van der Waals surface area contributed by atoms with Crippen molar-refractivity contribution in [3.05, 3.63) is 59.3 Å². The molecule has 0 radical (unpaired) electrons. The highest BCUT2D eigenvalue weighted by molar-refractivity contribution is 7.08. The molecule has 5 rings (SSSR count). The van der Waals surface area contributed by atoms with Crippen molar-refractivity contribution in [2.75, 3.05) is 18.0 Å². The molecule has 1 aromatic carbocycles. The number of anilines is 1. The molecule has 3 aromatic heterocycles. The van der Waals surface area contributed by atoms with Crippen LogP contribution in [0.2, 0.25) is 0 Å². The van der Waals surface area contributed by atoms with Gasteiger partial charge in [0.1, 0.15) is 17.7 Å². The van der Waals surface area contributed by atoms with Crippen LogP contribution < -0.4 is 4.90 Å². The van der Waals surface area contributed by atoms with Gasteiger partial charge in [0, 0.05) is 48.9 Å². The molecule has 0 saturated carbocycles. The summed E-state index contributed by atoms with van der Waals surface area (Å²) in [5.74, 6) is 2.71. The molecule has 0 amide bonds. The van der Waals surface area contributed by atoms with Gasteiger partial charge in [-0.2, -0.15) is 11.3 Å². The third kappa shape index (κ3) is 3.41. The molecule has 4 heterocycles. The lowest BCUT2D eigenvalue weighted by Gasteiger charge is -2.35. The molecule has 1 N–H and O–H groups in total. The number of aryl methyl sites for hydroxylation is 1. The van der Waals surface area contributed by atoms with E-state index in [0.717, 1.165) is 59.9 Å². The van der Waals surface area contributed by atoms with E-state index in [0.29, 0.717) is 0 Å². The molecule has 0 spiro atoms. The highest BCUT2D eigenvalue weighted by atomic mass is 32.1. The van der Waals surface area contributed by atoms with E-state index in [2.05, 4.69) is 32.8 Å². The molecular weight excluding hydrogens is 382 g/mol. The Bertz CT molecular complexity index is 1120. The lowest BCUT2D eigenvalue weighted by atomic mass is 9.90. The van der Waals surface area contributed by atoms with E-state index in [9.17, 15) is 5.11 Å². The maximum absolute atomic E-state index is 10.8. The van der Waals surface area contributed by atoms with Gasteiger partial charge in [0.05, 0.1) is 5.52 Å². The number of rotatable bonds is 4. The van der Waals surface area contributed by atoms with Crippen LogP contribution in [0.25, 0.3) is 22.3 Å². The van der Waals surface area contributed by atoms with Gasteiger partial charge in [-0.1, -0.05) is 12.1 Å². The van der Waals surface area contributed by atoms with E-state index >= 15 is 0 Å². The fourth-order valence-electron chi connectivity index (χ4n) is 4.12. The fourth-order valence-corrected chi connectivity index (χ4v) is 4.76. The van der Waals surface area contributed by atoms with Gasteiger partial charge in [0.2, 0.25) is 0 Å². The Labute approximate surface area is 173 Å². The number of para-hydroxylation sites is 1. The Morgan fingerprint density at radius 1 is 1.14 bits per heavy atom. The normalized spacial score (nSPS) is 16.4. The first-order valence-electron chi connectivity index (χ1n) is 9.90. The lowest BCUT2D eigenvalue weighted by Crippen LogP contribution is -2.36. The number of aliphatic hydroxyl groups is 1. The van der Waals surface area contributed by atoms with Crippen LogP contribution >= 0.6 is 11.3 Å². The number of imidazole rings is 1. The first-order chi connectivity index (χ1) is 14.2. The minimum absolute atomic E-state index is 0.205. The van der Waals surface area contributed by atoms with E-state index in [4.69, 9.17) is 9.97 Å². The Morgan fingerprint density at radius 2 is 1.97 bits per heavy atom. The van der Waals surface area contributed by atoms with E-state index in [1.165, 1.54) is 0 Å². The molecule has 4 aromatic rings. The predicted molar refractivity (Wildman–Crippen MR) is 116 cm³/mol. The van der Waals surface area contributed by atoms with Crippen molar-refractivity contribution < 1.29 is 5.11 Å². The molecule has 7 heteroatoms. The molecule has 1 fully saturated rings. The molecule has 6 nitrogen and oxygen atoms in total. The Morgan fingerprint density at radius 3 is 2.69 bits per heavy atom. The monoisotopic (exact) mass is 405 g/mol. The minimum atomic E-state index is -0.527. The minimum Gasteiger partial charge on any atom is -0.385 e. The Balaban J connectivity index is 1.42. The van der Waals surface area contributed by atoms with E-state index in [-0.39, 0.29) is 5.92 Å². The van der Waals surface area contributed by atoms with Gasteiger partial charge < -0.3 is 14.6 Å². The predicted octanol–water partition coefficient (Wildman–Crippen LogP) is 4.04. The zero-order valence-corrected chi connectivity index (χ0v) is 17.1. The smallest absolute Gasteiger partial charge is 0.162 e. The maximum atomic E-state index is 10.8. The Kier molecular flexibility index (Phi) is 4.77. The number of hydrogen-bond acceptors (Lipinski definition) is 6. The summed E-state index contributed by atoms with van der Waals surface area (Å²) in [5, 5.41) is 16.0. The molecule has 0 bridgehead atoms. The standard InChI is InChI=1S/C22H23N5OS/c1-26-12-9-23-22(26)19(28)15-6-10-27(11-7-15)21-17-4-2-3-5-18(17)24-20(25-21)16-8-13-29-14-16/h2-5,8-9,12-15,19,28H,6-7,10-11H2,1H3. The van der Waals surface area contributed by atoms with Crippen LogP contribution in [0.4, 0.5) is 5.82 Å². The quantitative estimate of drug-likeness (QED) is 0.555. The van der Waals surface area contributed by atoms with Crippen molar-refractivity contribution >= 4 is 28.1 Å². The van der Waals surface area contributed by atoms with Gasteiger partial charge in [-0.3, -0.25) is 0 Å². The Hall–Kier alpha value is -2.77. The van der Waals surface area contributed by atoms with Crippen molar-refractivity contribution in [3.63, 3.8) is 0 Å². The number of benzene rings is 1. The van der Waals surface area contributed by atoms with Gasteiger partial charge in [-0.05, 0) is 42.3 Å². The van der Waals surface area contributed by atoms with Crippen molar-refractivity contribution in [3.8, 4) is 11.4 Å². The van der Waals surface area contributed by atoms with Gasteiger partial charge >= 0.3 is 0 Å². The van der Waals surface area contributed by atoms with Crippen molar-refractivity contribution in [2.24, 2.45) is 13.0 Å². The van der Waals surface area contributed by atoms with Crippen LogP contribution in [0.15, 0.2) is 53.5 Å². The average molecular weight is 406 g/mol. The summed E-state index contributed by atoms with van der Waals surface area (Å²) >= 11 is 1.66. The van der Waals surface area contributed by atoms with E-state index in [1.807, 2.05) is 36.0 Å². The van der Waals surface area contributed by atoms with Crippen molar-refractivity contribution in [2.45, 2.75) is 18.9 Å². The summed E-state index contributed by atoms with van der Waals surface area (Å²) in [5.41, 5.74) is 2.02. The molecule has 1 unspecified atom stereocenters. The van der Waals surface area contributed by atoms with Gasteiger partial charge in [-0.25, -0.2) is 15.0 Å². The second kappa shape index (κ2) is 7.57. The number of fused-ring (bicyclic) bond motifs is 1. The molecule has 29 heavy (non-hydrogen) atoms. The molecular formula is C22H23N5OS. The summed E-state index contributed by atoms with van der Waals surface area (Å²) in [6.45, 7) is 1.71. The van der Waals surface area contributed by atoms with Crippen molar-refractivity contribution in [1.29, 1.82) is 0 Å². The first-order valence-corrected chi connectivity index (χ1v) is 10.8. The van der Waals surface area contributed by atoms with Crippen LogP contribution in [0.1, 0.15) is 24.8 Å². The van der Waals surface area contributed by atoms with Crippen LogP contribution in [-0.2, 0) is 7.05 Å². The topological polar surface area (TPSA) is 67.1 Å². The van der Waals surface area contributed by atoms with Crippen LogP contribution in [0.3, 0.4) is 0 Å². The number of thiophene rings is 1. The van der Waals surface area contributed by atoms with E-state index < -0.39 is 6.10 Å². The third-order valence-electron chi connectivity index (χ3n) is 5.77. The lowest BCUT2D eigenvalue weighted by molar-refractivity contribution is 0.0824. The average Bonchev–Trinajstić information content (AvgIpc) is 3.44. The second-order valence-electron chi connectivity index (χ2n) is 7.57. The fraction of sp³-hybridized carbons (Fsp3) is 0.318. The number of aliphatic hydroxyl groups excluding tert-OH is 1. The summed E-state index contributed by atoms with van der Waals surface area (Å²) in [6, 6.07) is 10.3. The number of nitrogens with zero attached hydrogens (tertiary/aromatic N) is 5. The first kappa shape index (κ1) is 18.3. The molecule has 1 aliphatic rings. The van der Waals surface area contributed by atoms with E-state index in [1.54, 1.807) is 17.5 Å². The molecule has 1 aliphatic heterocycles. The molecule has 1 saturated heterocycles. The maximum Gasteiger partial charge on any atom is 0.162 e. The molecule has 0 aliphatic carbocycles. The molecule has 1 atom stereocenters. The van der Waals surface area contributed by atoms with Gasteiger partial charge in [0.25, 0.3) is 0 Å². The van der Waals surface area contributed by atoms with Crippen LogP contribution in [0.5, 0.6) is 0 Å². The summed E-state index contributed by atoms with van der Waals surface area (Å²) < 4.78 is 1.90. The SMILES string of the molecule is Cn1ccnc1C(O)C1CCN(c2nc(-c3ccsc3)nc3ccccc23)CC1. The second-order valence-corrected chi connectivity index (χ2v) is 8.35. The largest absolute Gasteiger partial charge is 0.385 e. The van der Waals surface area contributed by atoms with Gasteiger partial charge in [-0.15, -0.1) is 0 Å². The number of piperidine rings is 1. The number of aromatic nitrogens is 4. The number of hydrogen-bond donors (Lipinski definition) is 1. The van der Waals surface area contributed by atoms with Crippen LogP contribution in [0, 0.1) is 5.92 Å². The third-order valence-corrected chi connectivity index (χ3v) is 6.45.